The van der Waals surface area contributed by atoms with Gasteiger partial charge in [-0.1, -0.05) is 11.6 Å². The minimum absolute atomic E-state index is 0.0988. The fourth-order valence-corrected chi connectivity index (χ4v) is 1.31. The summed E-state index contributed by atoms with van der Waals surface area (Å²) in [5.41, 5.74) is 5.79. The number of nitrogens with zero attached hydrogens (tertiary/aromatic N) is 4. The summed E-state index contributed by atoms with van der Waals surface area (Å²) >= 11 is 5.61. The first-order valence-electron chi connectivity index (χ1n) is 4.55. The van der Waals surface area contributed by atoms with Gasteiger partial charge in [-0.05, 0) is 12.1 Å². The summed E-state index contributed by atoms with van der Waals surface area (Å²) in [5.74, 6) is 0.0430. The van der Waals surface area contributed by atoms with Crippen LogP contribution >= 0.6 is 11.6 Å². The molecular formula is C9H8ClN5O2. The van der Waals surface area contributed by atoms with E-state index in [1.54, 1.807) is 12.1 Å². The number of nitrogen functional groups attached to an aromatic ring is 1. The van der Waals surface area contributed by atoms with Gasteiger partial charge in [0, 0.05) is 6.07 Å². The third kappa shape index (κ3) is 2.18. The van der Waals surface area contributed by atoms with Crippen LogP contribution in [-0.2, 0) is 4.74 Å². The van der Waals surface area contributed by atoms with Crippen LogP contribution in [0.5, 0.6) is 0 Å². The normalized spacial score (nSPS) is 10.2. The first kappa shape index (κ1) is 11.3. The zero-order chi connectivity index (χ0) is 12.4. The van der Waals surface area contributed by atoms with E-state index in [2.05, 4.69) is 20.0 Å². The summed E-state index contributed by atoms with van der Waals surface area (Å²) < 4.78 is 5.81. The highest BCUT2D eigenvalue weighted by atomic mass is 35.5. The fourth-order valence-electron chi connectivity index (χ4n) is 1.21. The van der Waals surface area contributed by atoms with Crippen LogP contribution in [0.25, 0.3) is 5.82 Å². The number of hydrogen-bond donors (Lipinski definition) is 1. The fraction of sp³-hybridized carbons (Fsp3) is 0.111. The van der Waals surface area contributed by atoms with Crippen molar-refractivity contribution in [2.75, 3.05) is 12.8 Å². The summed E-state index contributed by atoms with van der Waals surface area (Å²) in [4.78, 5) is 11.3. The van der Waals surface area contributed by atoms with Crippen molar-refractivity contribution in [1.82, 2.24) is 20.0 Å². The van der Waals surface area contributed by atoms with Crippen molar-refractivity contribution in [3.8, 4) is 5.82 Å². The van der Waals surface area contributed by atoms with Gasteiger partial charge in [0.1, 0.15) is 5.82 Å². The molecule has 0 unspecified atom stereocenters. The molecule has 2 aromatic rings. The number of esters is 1. The zero-order valence-corrected chi connectivity index (χ0v) is 9.55. The summed E-state index contributed by atoms with van der Waals surface area (Å²) in [6.45, 7) is 0. The van der Waals surface area contributed by atoms with E-state index in [1.807, 2.05) is 0 Å². The lowest BCUT2D eigenvalue weighted by molar-refractivity contribution is 0.0593. The first-order chi connectivity index (χ1) is 8.11. The van der Waals surface area contributed by atoms with E-state index in [0.717, 1.165) is 0 Å². The van der Waals surface area contributed by atoms with Gasteiger partial charge in [-0.2, -0.15) is 9.78 Å². The molecule has 0 atom stereocenters. The van der Waals surface area contributed by atoms with E-state index in [-0.39, 0.29) is 16.7 Å². The van der Waals surface area contributed by atoms with Crippen LogP contribution in [0.4, 0.5) is 5.82 Å². The van der Waals surface area contributed by atoms with Crippen LogP contribution in [-0.4, -0.2) is 33.1 Å². The molecule has 0 amide bonds. The topological polar surface area (TPSA) is 95.9 Å². The molecule has 0 bridgehead atoms. The quantitative estimate of drug-likeness (QED) is 0.791. The highest BCUT2D eigenvalue weighted by molar-refractivity contribution is 6.29. The highest BCUT2D eigenvalue weighted by Gasteiger charge is 2.14. The number of aromatic nitrogens is 4. The van der Waals surface area contributed by atoms with Gasteiger partial charge in [0.25, 0.3) is 0 Å². The van der Waals surface area contributed by atoms with Crippen LogP contribution in [0.3, 0.4) is 0 Å². The Kier molecular flexibility index (Phi) is 2.92. The highest BCUT2D eigenvalue weighted by Crippen LogP contribution is 2.13. The minimum atomic E-state index is -0.572. The summed E-state index contributed by atoms with van der Waals surface area (Å²) in [6, 6.07) is 4.52. The number of methoxy groups -OCH3 is 1. The molecule has 2 heterocycles. The maximum absolute atomic E-state index is 11.3. The largest absolute Gasteiger partial charge is 0.464 e. The number of halogens is 1. The van der Waals surface area contributed by atoms with E-state index in [4.69, 9.17) is 17.3 Å². The zero-order valence-electron chi connectivity index (χ0n) is 8.79. The molecule has 0 aliphatic heterocycles. The lowest BCUT2D eigenvalue weighted by atomic mass is 10.4. The molecule has 0 aromatic carbocycles. The lowest BCUT2D eigenvalue weighted by Gasteiger charge is -2.00. The molecule has 2 N–H and O–H groups in total. The van der Waals surface area contributed by atoms with Crippen LogP contribution in [0, 0.1) is 0 Å². The van der Waals surface area contributed by atoms with Crippen molar-refractivity contribution >= 4 is 23.4 Å². The molecular weight excluding hydrogens is 246 g/mol. The van der Waals surface area contributed by atoms with E-state index in [1.165, 1.54) is 17.9 Å². The summed E-state index contributed by atoms with van der Waals surface area (Å²) in [5, 5.41) is 11.7. The average Bonchev–Trinajstić information content (AvgIpc) is 2.71. The third-order valence-corrected chi connectivity index (χ3v) is 2.17. The molecule has 0 radical (unpaired) electrons. The smallest absolute Gasteiger partial charge is 0.358 e. The van der Waals surface area contributed by atoms with E-state index in [0.29, 0.717) is 5.82 Å². The van der Waals surface area contributed by atoms with Crippen molar-refractivity contribution in [3.63, 3.8) is 0 Å². The van der Waals surface area contributed by atoms with Crippen LogP contribution < -0.4 is 5.73 Å². The maximum atomic E-state index is 11.3. The molecule has 2 aromatic heterocycles. The molecule has 0 saturated heterocycles. The van der Waals surface area contributed by atoms with Crippen molar-refractivity contribution in [2.24, 2.45) is 0 Å². The molecule has 0 saturated carbocycles. The van der Waals surface area contributed by atoms with E-state index in [9.17, 15) is 4.79 Å². The van der Waals surface area contributed by atoms with Crippen LogP contribution in [0.15, 0.2) is 18.2 Å². The van der Waals surface area contributed by atoms with E-state index < -0.39 is 5.97 Å². The van der Waals surface area contributed by atoms with Gasteiger partial charge in [-0.25, -0.2) is 4.79 Å². The minimum Gasteiger partial charge on any atom is -0.464 e. The molecule has 0 aliphatic carbocycles. The second-order valence-electron chi connectivity index (χ2n) is 3.07. The molecule has 0 spiro atoms. The van der Waals surface area contributed by atoms with Gasteiger partial charge in [0.15, 0.2) is 16.7 Å². The van der Waals surface area contributed by atoms with Crippen LogP contribution in [0.2, 0.25) is 5.15 Å². The Balaban J connectivity index is 2.42. The van der Waals surface area contributed by atoms with Gasteiger partial charge in [0.05, 0.1) is 7.11 Å². The predicted octanol–water partition coefficient (Wildman–Crippen LogP) is 0.684. The lowest BCUT2D eigenvalue weighted by Crippen LogP contribution is -2.07. The van der Waals surface area contributed by atoms with Gasteiger partial charge >= 0.3 is 5.97 Å². The van der Waals surface area contributed by atoms with Gasteiger partial charge in [-0.15, -0.1) is 10.2 Å². The molecule has 17 heavy (non-hydrogen) atoms. The standard InChI is InChI=1S/C9H8ClN5O2/c1-17-9(16)5-4-7(11)15(14-5)8-3-2-6(10)12-13-8/h2-4H,11H2,1H3. The Hall–Kier alpha value is -2.15. The van der Waals surface area contributed by atoms with Crippen molar-refractivity contribution in [2.45, 2.75) is 0 Å². The molecule has 8 heteroatoms. The van der Waals surface area contributed by atoms with Crippen LogP contribution in [0.1, 0.15) is 10.5 Å². The molecule has 0 aliphatic rings. The number of carbonyl (C=O) groups is 1. The van der Waals surface area contributed by atoms with E-state index >= 15 is 0 Å². The molecule has 2 rings (SSSR count). The third-order valence-electron chi connectivity index (χ3n) is 1.97. The number of anilines is 1. The monoisotopic (exact) mass is 253 g/mol. The molecule has 0 fully saturated rings. The Bertz CT molecular complexity index is 551. The number of carbonyl (C=O) groups excluding carboxylic acids is 1. The number of ether oxygens (including phenoxy) is 1. The first-order valence-corrected chi connectivity index (χ1v) is 4.93. The number of hydrogen-bond acceptors (Lipinski definition) is 6. The number of rotatable bonds is 2. The maximum Gasteiger partial charge on any atom is 0.358 e. The Labute approximate surface area is 101 Å². The molecule has 7 nitrogen and oxygen atoms in total. The van der Waals surface area contributed by atoms with Crippen molar-refractivity contribution in [3.05, 3.63) is 29.0 Å². The second kappa shape index (κ2) is 4.38. The molecule has 88 valence electrons. The Morgan fingerprint density at radius 2 is 2.24 bits per heavy atom. The predicted molar refractivity (Wildman–Crippen MR) is 59.9 cm³/mol. The van der Waals surface area contributed by atoms with Crippen molar-refractivity contribution < 1.29 is 9.53 Å². The summed E-state index contributed by atoms with van der Waals surface area (Å²) in [7, 11) is 1.26. The SMILES string of the molecule is COC(=O)c1cc(N)n(-c2ccc(Cl)nn2)n1. The summed E-state index contributed by atoms with van der Waals surface area (Å²) in [6.07, 6.45) is 0. The second-order valence-corrected chi connectivity index (χ2v) is 3.46. The van der Waals surface area contributed by atoms with Crippen molar-refractivity contribution in [1.29, 1.82) is 0 Å². The average molecular weight is 254 g/mol. The van der Waals surface area contributed by atoms with Gasteiger partial charge < -0.3 is 10.5 Å². The van der Waals surface area contributed by atoms with Gasteiger partial charge in [-0.3, -0.25) is 0 Å². The van der Waals surface area contributed by atoms with Gasteiger partial charge in [0.2, 0.25) is 0 Å². The number of nitrogens with two attached hydrogens (primary N) is 1. The Morgan fingerprint density at radius 3 is 2.82 bits per heavy atom. The Morgan fingerprint density at radius 1 is 1.47 bits per heavy atom.